The summed E-state index contributed by atoms with van der Waals surface area (Å²) in [5.41, 5.74) is 0. The summed E-state index contributed by atoms with van der Waals surface area (Å²) in [7, 11) is 0. The van der Waals surface area contributed by atoms with Crippen LogP contribution in [-0.4, -0.2) is 55.1 Å². The highest BCUT2D eigenvalue weighted by atomic mass is 16.5. The molecule has 1 N–H and O–H groups in total. The van der Waals surface area contributed by atoms with Crippen LogP contribution in [0.5, 0.6) is 0 Å². The summed E-state index contributed by atoms with van der Waals surface area (Å²) < 4.78 is 10.4. The maximum Gasteiger partial charge on any atom is 0.407 e. The van der Waals surface area contributed by atoms with Crippen molar-refractivity contribution in [1.82, 2.24) is 4.90 Å². The lowest BCUT2D eigenvalue weighted by Crippen LogP contribution is -2.46. The van der Waals surface area contributed by atoms with Crippen LogP contribution >= 0.6 is 0 Å². The Morgan fingerprint density at radius 3 is 3.21 bits per heavy atom. The second-order valence-electron chi connectivity index (χ2n) is 2.94. The fourth-order valence-electron chi connectivity index (χ4n) is 1.24. The van der Waals surface area contributed by atoms with Gasteiger partial charge in [0.05, 0.1) is 25.9 Å². The van der Waals surface area contributed by atoms with Crippen molar-refractivity contribution in [3.8, 4) is 12.3 Å². The molecule has 0 aromatic carbocycles. The van der Waals surface area contributed by atoms with Gasteiger partial charge in [-0.05, 0) is 0 Å². The van der Waals surface area contributed by atoms with Crippen LogP contribution in [0.15, 0.2) is 0 Å². The minimum absolute atomic E-state index is 0.201. The van der Waals surface area contributed by atoms with Gasteiger partial charge in [-0.3, -0.25) is 0 Å². The predicted octanol–water partition coefficient (Wildman–Crippen LogP) is 0.0150. The van der Waals surface area contributed by atoms with Crippen LogP contribution in [0, 0.1) is 12.3 Å². The number of carbonyl (C=O) groups is 1. The Morgan fingerprint density at radius 2 is 2.57 bits per heavy atom. The molecule has 0 spiro atoms. The van der Waals surface area contributed by atoms with E-state index >= 15 is 0 Å². The van der Waals surface area contributed by atoms with Crippen LogP contribution in [0.3, 0.4) is 0 Å². The molecule has 0 aliphatic carbocycles. The molecule has 1 aliphatic rings. The lowest BCUT2D eigenvalue weighted by Gasteiger charge is -2.30. The van der Waals surface area contributed by atoms with Crippen molar-refractivity contribution in [2.24, 2.45) is 0 Å². The van der Waals surface area contributed by atoms with Crippen molar-refractivity contribution >= 4 is 6.09 Å². The lowest BCUT2D eigenvalue weighted by molar-refractivity contribution is -0.0584. The number of terminal acetylenes is 1. The third-order valence-corrected chi connectivity index (χ3v) is 1.90. The van der Waals surface area contributed by atoms with Crippen LogP contribution in [0.25, 0.3) is 0 Å². The summed E-state index contributed by atoms with van der Waals surface area (Å²) in [6.07, 6.45) is 3.88. The Labute approximate surface area is 82.6 Å². The third kappa shape index (κ3) is 3.24. The molecule has 5 nitrogen and oxygen atoms in total. The molecule has 0 aromatic rings. The fourth-order valence-corrected chi connectivity index (χ4v) is 1.24. The van der Waals surface area contributed by atoms with Gasteiger partial charge in [-0.25, -0.2) is 4.79 Å². The van der Waals surface area contributed by atoms with Crippen molar-refractivity contribution in [3.63, 3.8) is 0 Å². The zero-order valence-corrected chi connectivity index (χ0v) is 7.81. The van der Waals surface area contributed by atoms with Crippen molar-refractivity contribution in [1.29, 1.82) is 0 Å². The molecular formula is C9H13NO4. The van der Waals surface area contributed by atoms with E-state index in [1.54, 1.807) is 0 Å². The highest BCUT2D eigenvalue weighted by Crippen LogP contribution is 2.05. The summed E-state index contributed by atoms with van der Waals surface area (Å²) >= 11 is 0. The molecule has 1 aliphatic heterocycles. The van der Waals surface area contributed by atoms with Crippen molar-refractivity contribution in [2.45, 2.75) is 6.10 Å². The maximum absolute atomic E-state index is 10.6. The van der Waals surface area contributed by atoms with E-state index in [1.165, 1.54) is 4.90 Å². The summed E-state index contributed by atoms with van der Waals surface area (Å²) in [5.74, 6) is 2.33. The molecule has 14 heavy (non-hydrogen) atoms. The number of hydrogen-bond acceptors (Lipinski definition) is 3. The van der Waals surface area contributed by atoms with E-state index in [2.05, 4.69) is 5.92 Å². The molecule has 1 heterocycles. The zero-order valence-electron chi connectivity index (χ0n) is 7.81. The minimum Gasteiger partial charge on any atom is -0.465 e. The molecule has 5 heteroatoms. The van der Waals surface area contributed by atoms with E-state index in [-0.39, 0.29) is 12.7 Å². The van der Waals surface area contributed by atoms with E-state index in [9.17, 15) is 4.79 Å². The molecule has 1 saturated heterocycles. The van der Waals surface area contributed by atoms with Crippen LogP contribution < -0.4 is 0 Å². The summed E-state index contributed by atoms with van der Waals surface area (Å²) in [6.45, 7) is 1.75. The van der Waals surface area contributed by atoms with E-state index in [1.807, 2.05) is 0 Å². The molecule has 1 fully saturated rings. The second kappa shape index (κ2) is 5.47. The maximum atomic E-state index is 10.6. The highest BCUT2D eigenvalue weighted by Gasteiger charge is 2.23. The second-order valence-corrected chi connectivity index (χ2v) is 2.94. The minimum atomic E-state index is -0.921. The molecule has 0 saturated carbocycles. The quantitative estimate of drug-likeness (QED) is 0.514. The van der Waals surface area contributed by atoms with Gasteiger partial charge >= 0.3 is 6.09 Å². The molecule has 1 amide bonds. The van der Waals surface area contributed by atoms with E-state index < -0.39 is 6.09 Å². The molecule has 0 radical (unpaired) electrons. The number of ether oxygens (including phenoxy) is 2. The smallest absolute Gasteiger partial charge is 0.407 e. The third-order valence-electron chi connectivity index (χ3n) is 1.90. The number of rotatable bonds is 3. The number of morpholine rings is 1. The fraction of sp³-hybridized carbons (Fsp3) is 0.667. The Morgan fingerprint density at radius 1 is 1.79 bits per heavy atom. The van der Waals surface area contributed by atoms with Gasteiger partial charge < -0.3 is 19.5 Å². The average Bonchev–Trinajstić information content (AvgIpc) is 2.19. The predicted molar refractivity (Wildman–Crippen MR) is 49.0 cm³/mol. The molecule has 1 atom stereocenters. The van der Waals surface area contributed by atoms with Gasteiger partial charge in [-0.15, -0.1) is 6.42 Å². The van der Waals surface area contributed by atoms with E-state index in [4.69, 9.17) is 21.0 Å². The number of carboxylic acid groups (broad SMARTS) is 1. The van der Waals surface area contributed by atoms with Crippen molar-refractivity contribution in [2.75, 3.05) is 32.9 Å². The first kappa shape index (κ1) is 10.8. The summed E-state index contributed by atoms with van der Waals surface area (Å²) in [6, 6.07) is 0. The van der Waals surface area contributed by atoms with Crippen LogP contribution in [-0.2, 0) is 9.47 Å². The molecule has 1 rings (SSSR count). The SMILES string of the molecule is C#CCOC[C@@H]1CN(C(=O)O)CCO1. The first-order valence-corrected chi connectivity index (χ1v) is 4.34. The lowest BCUT2D eigenvalue weighted by atomic mass is 10.3. The Bertz CT molecular complexity index is 235. The topological polar surface area (TPSA) is 59.0 Å². The van der Waals surface area contributed by atoms with Gasteiger partial charge in [0.1, 0.15) is 6.61 Å². The van der Waals surface area contributed by atoms with Crippen LogP contribution in [0.2, 0.25) is 0 Å². The molecule has 0 aromatic heterocycles. The number of amides is 1. The molecule has 0 unspecified atom stereocenters. The van der Waals surface area contributed by atoms with Gasteiger partial charge in [-0.2, -0.15) is 0 Å². The standard InChI is InChI=1S/C9H13NO4/c1-2-4-13-7-8-6-10(9(11)12)3-5-14-8/h1,8H,3-7H2,(H,11,12)/t8-/m0/s1. The Kier molecular flexibility index (Phi) is 4.23. The van der Waals surface area contributed by atoms with Gasteiger partial charge in [0, 0.05) is 6.54 Å². The summed E-state index contributed by atoms with van der Waals surface area (Å²) in [5, 5.41) is 8.72. The van der Waals surface area contributed by atoms with Crippen molar-refractivity contribution < 1.29 is 19.4 Å². The molecule has 0 bridgehead atoms. The summed E-state index contributed by atoms with van der Waals surface area (Å²) in [4.78, 5) is 11.9. The van der Waals surface area contributed by atoms with Gasteiger partial charge in [0.2, 0.25) is 0 Å². The normalized spacial score (nSPS) is 21.6. The van der Waals surface area contributed by atoms with Crippen LogP contribution in [0.1, 0.15) is 0 Å². The van der Waals surface area contributed by atoms with E-state index in [0.29, 0.717) is 26.3 Å². The van der Waals surface area contributed by atoms with Crippen molar-refractivity contribution in [3.05, 3.63) is 0 Å². The Balaban J connectivity index is 2.26. The monoisotopic (exact) mass is 199 g/mol. The molecule has 78 valence electrons. The van der Waals surface area contributed by atoms with Gasteiger partial charge in [-0.1, -0.05) is 5.92 Å². The molecular weight excluding hydrogens is 186 g/mol. The number of hydrogen-bond donors (Lipinski definition) is 1. The Hall–Kier alpha value is -1.25. The number of nitrogens with zero attached hydrogens (tertiary/aromatic N) is 1. The van der Waals surface area contributed by atoms with Gasteiger partial charge in [0.15, 0.2) is 0 Å². The van der Waals surface area contributed by atoms with E-state index in [0.717, 1.165) is 0 Å². The largest absolute Gasteiger partial charge is 0.465 e. The zero-order chi connectivity index (χ0) is 10.4. The average molecular weight is 199 g/mol. The van der Waals surface area contributed by atoms with Gasteiger partial charge in [0.25, 0.3) is 0 Å². The first-order valence-electron chi connectivity index (χ1n) is 4.34. The first-order chi connectivity index (χ1) is 6.74. The highest BCUT2D eigenvalue weighted by molar-refractivity contribution is 5.65. The van der Waals surface area contributed by atoms with Crippen LogP contribution in [0.4, 0.5) is 4.79 Å².